The van der Waals surface area contributed by atoms with Crippen LogP contribution >= 0.6 is 0 Å². The van der Waals surface area contributed by atoms with Gasteiger partial charge in [-0.2, -0.15) is 0 Å². The molecule has 1 aromatic rings. The molecule has 3 aliphatic rings. The molecule has 0 atom stereocenters. The molecule has 0 aliphatic carbocycles. The minimum absolute atomic E-state index is 0.138. The fourth-order valence-corrected chi connectivity index (χ4v) is 4.98. The number of piperidine rings is 2. The highest BCUT2D eigenvalue weighted by atomic mass is 16.1. The van der Waals surface area contributed by atoms with E-state index in [1.54, 1.807) is 0 Å². The predicted octanol–water partition coefficient (Wildman–Crippen LogP) is 2.68. The Hall–Kier alpha value is -1.89. The highest BCUT2D eigenvalue weighted by molar-refractivity contribution is 5.79. The first-order valence-electron chi connectivity index (χ1n) is 12.1. The highest BCUT2D eigenvalue weighted by Crippen LogP contribution is 2.24. The second-order valence-corrected chi connectivity index (χ2v) is 9.10. The predicted molar refractivity (Wildman–Crippen MR) is 121 cm³/mol. The van der Waals surface area contributed by atoms with Crippen LogP contribution in [0.1, 0.15) is 57.8 Å². The fourth-order valence-electron chi connectivity index (χ4n) is 4.98. The summed E-state index contributed by atoms with van der Waals surface area (Å²) < 4.78 is 0. The summed E-state index contributed by atoms with van der Waals surface area (Å²) >= 11 is 0. The van der Waals surface area contributed by atoms with E-state index in [0.717, 1.165) is 63.7 Å². The third kappa shape index (κ3) is 5.84. The van der Waals surface area contributed by atoms with Gasteiger partial charge in [0, 0.05) is 45.2 Å². The molecule has 30 heavy (non-hydrogen) atoms. The Bertz CT molecular complexity index is 644. The van der Waals surface area contributed by atoms with Crippen LogP contribution in [0.3, 0.4) is 0 Å². The third-order valence-electron chi connectivity index (χ3n) is 6.92. The zero-order valence-corrected chi connectivity index (χ0v) is 18.4. The summed E-state index contributed by atoms with van der Waals surface area (Å²) in [5.41, 5.74) is 1.08. The van der Waals surface area contributed by atoms with Crippen molar-refractivity contribution in [2.24, 2.45) is 5.92 Å². The first kappa shape index (κ1) is 21.3. The molecule has 1 aromatic heterocycles. The SMILES string of the molecule is O=C(NCCN1CCCCCC1)C1CCN(c2cnc(N3CCCCC3)nc2)CC1. The molecule has 3 saturated heterocycles. The molecule has 1 N–H and O–H groups in total. The molecule has 4 heterocycles. The molecule has 7 nitrogen and oxygen atoms in total. The van der Waals surface area contributed by atoms with Crippen LogP contribution in [0.15, 0.2) is 12.4 Å². The van der Waals surface area contributed by atoms with E-state index in [9.17, 15) is 4.79 Å². The maximum Gasteiger partial charge on any atom is 0.225 e. The number of likely N-dealkylation sites (tertiary alicyclic amines) is 1. The number of anilines is 2. The zero-order chi connectivity index (χ0) is 20.6. The van der Waals surface area contributed by atoms with Gasteiger partial charge in [0.1, 0.15) is 0 Å². The molecule has 4 rings (SSSR count). The van der Waals surface area contributed by atoms with Crippen LogP contribution in [0.4, 0.5) is 11.6 Å². The topological polar surface area (TPSA) is 64.6 Å². The minimum Gasteiger partial charge on any atom is -0.369 e. The summed E-state index contributed by atoms with van der Waals surface area (Å²) in [4.78, 5) is 28.9. The standard InChI is InChI=1S/C23H38N6O/c30-22(24-10-17-27-11-4-1-2-5-12-27)20-8-15-28(16-9-20)21-18-25-23(26-19-21)29-13-6-3-7-14-29/h18-20H,1-17H2,(H,24,30). The molecule has 7 heteroatoms. The zero-order valence-electron chi connectivity index (χ0n) is 18.4. The molecule has 0 aromatic carbocycles. The van der Waals surface area contributed by atoms with Gasteiger partial charge < -0.3 is 20.0 Å². The van der Waals surface area contributed by atoms with Crippen molar-refractivity contribution in [3.63, 3.8) is 0 Å². The van der Waals surface area contributed by atoms with Gasteiger partial charge in [-0.25, -0.2) is 9.97 Å². The Kier molecular flexibility index (Phi) is 7.78. The highest BCUT2D eigenvalue weighted by Gasteiger charge is 2.25. The average molecular weight is 415 g/mol. The van der Waals surface area contributed by atoms with E-state index in [4.69, 9.17) is 0 Å². The number of hydrogen-bond acceptors (Lipinski definition) is 6. The second-order valence-electron chi connectivity index (χ2n) is 9.10. The van der Waals surface area contributed by atoms with Gasteiger partial charge in [-0.3, -0.25) is 4.79 Å². The summed E-state index contributed by atoms with van der Waals surface area (Å²) in [5.74, 6) is 1.23. The molecule has 0 radical (unpaired) electrons. The monoisotopic (exact) mass is 414 g/mol. The summed E-state index contributed by atoms with van der Waals surface area (Å²) in [6.45, 7) is 8.08. The molecular weight excluding hydrogens is 376 g/mol. The molecule has 166 valence electrons. The summed E-state index contributed by atoms with van der Waals surface area (Å²) in [5, 5.41) is 3.19. The lowest BCUT2D eigenvalue weighted by Gasteiger charge is -2.33. The summed E-state index contributed by atoms with van der Waals surface area (Å²) in [6.07, 6.45) is 14.8. The summed E-state index contributed by atoms with van der Waals surface area (Å²) in [7, 11) is 0. The average Bonchev–Trinajstić information content (AvgIpc) is 3.09. The molecule has 0 unspecified atom stereocenters. The number of carbonyl (C=O) groups is 1. The van der Waals surface area contributed by atoms with Crippen LogP contribution in [-0.2, 0) is 4.79 Å². The fraction of sp³-hybridized carbons (Fsp3) is 0.783. The van der Waals surface area contributed by atoms with Crippen molar-refractivity contribution in [1.29, 1.82) is 0 Å². The van der Waals surface area contributed by atoms with E-state index in [1.807, 2.05) is 12.4 Å². The number of rotatable bonds is 6. The van der Waals surface area contributed by atoms with Crippen LogP contribution in [0.25, 0.3) is 0 Å². The van der Waals surface area contributed by atoms with Crippen LogP contribution in [-0.4, -0.2) is 73.1 Å². The molecular formula is C23H38N6O. The number of nitrogens with one attached hydrogen (secondary N) is 1. The molecule has 0 bridgehead atoms. The summed E-state index contributed by atoms with van der Waals surface area (Å²) in [6, 6.07) is 0. The molecule has 0 spiro atoms. The van der Waals surface area contributed by atoms with Crippen LogP contribution in [0, 0.1) is 5.92 Å². The minimum atomic E-state index is 0.138. The Balaban J connectivity index is 1.18. The van der Waals surface area contributed by atoms with Gasteiger partial charge in [0.2, 0.25) is 11.9 Å². The smallest absolute Gasteiger partial charge is 0.225 e. The van der Waals surface area contributed by atoms with Gasteiger partial charge >= 0.3 is 0 Å². The lowest BCUT2D eigenvalue weighted by atomic mass is 9.95. The van der Waals surface area contributed by atoms with E-state index in [2.05, 4.69) is 30.0 Å². The van der Waals surface area contributed by atoms with Crippen molar-refractivity contribution in [1.82, 2.24) is 20.2 Å². The Labute approximate surface area is 181 Å². The van der Waals surface area contributed by atoms with E-state index in [0.29, 0.717) is 0 Å². The number of amides is 1. The quantitative estimate of drug-likeness (QED) is 0.772. The van der Waals surface area contributed by atoms with Gasteiger partial charge in [-0.1, -0.05) is 12.8 Å². The molecule has 3 fully saturated rings. The van der Waals surface area contributed by atoms with Crippen LogP contribution in [0.5, 0.6) is 0 Å². The van der Waals surface area contributed by atoms with Gasteiger partial charge in [0.05, 0.1) is 18.1 Å². The van der Waals surface area contributed by atoms with Gasteiger partial charge in [0.15, 0.2) is 0 Å². The first-order chi connectivity index (χ1) is 14.8. The van der Waals surface area contributed by atoms with Crippen molar-refractivity contribution in [3.8, 4) is 0 Å². The molecule has 0 saturated carbocycles. The van der Waals surface area contributed by atoms with Crippen LogP contribution < -0.4 is 15.1 Å². The van der Waals surface area contributed by atoms with Crippen LogP contribution in [0.2, 0.25) is 0 Å². The Morgan fingerprint density at radius 3 is 2.10 bits per heavy atom. The number of hydrogen-bond donors (Lipinski definition) is 1. The van der Waals surface area contributed by atoms with Crippen molar-refractivity contribution >= 4 is 17.5 Å². The Morgan fingerprint density at radius 1 is 0.833 bits per heavy atom. The number of aromatic nitrogens is 2. The maximum absolute atomic E-state index is 12.6. The van der Waals surface area contributed by atoms with Crippen molar-refractivity contribution in [2.45, 2.75) is 57.8 Å². The van der Waals surface area contributed by atoms with Gasteiger partial charge in [0.25, 0.3) is 0 Å². The van der Waals surface area contributed by atoms with E-state index in [1.165, 1.54) is 58.0 Å². The van der Waals surface area contributed by atoms with Gasteiger partial charge in [-0.05, 0) is 58.0 Å². The second kappa shape index (κ2) is 10.9. The van der Waals surface area contributed by atoms with Crippen molar-refractivity contribution < 1.29 is 4.79 Å². The molecule has 3 aliphatic heterocycles. The lowest BCUT2D eigenvalue weighted by Crippen LogP contribution is -2.42. The molecule has 1 amide bonds. The lowest BCUT2D eigenvalue weighted by molar-refractivity contribution is -0.125. The maximum atomic E-state index is 12.6. The van der Waals surface area contributed by atoms with Crippen molar-refractivity contribution in [2.75, 3.05) is 62.2 Å². The largest absolute Gasteiger partial charge is 0.369 e. The number of carbonyl (C=O) groups excluding carboxylic acids is 1. The number of nitrogens with zero attached hydrogens (tertiary/aromatic N) is 5. The van der Waals surface area contributed by atoms with E-state index in [-0.39, 0.29) is 11.8 Å². The first-order valence-corrected chi connectivity index (χ1v) is 12.1. The van der Waals surface area contributed by atoms with E-state index >= 15 is 0 Å². The van der Waals surface area contributed by atoms with E-state index < -0.39 is 0 Å². The normalized spacial score (nSPS) is 22.0. The van der Waals surface area contributed by atoms with Gasteiger partial charge in [-0.15, -0.1) is 0 Å². The van der Waals surface area contributed by atoms with Crippen molar-refractivity contribution in [3.05, 3.63) is 12.4 Å². The third-order valence-corrected chi connectivity index (χ3v) is 6.92. The Morgan fingerprint density at radius 2 is 1.43 bits per heavy atom.